The molecule has 1 saturated heterocycles. The molecule has 0 radical (unpaired) electrons. The molecule has 6 nitrogen and oxygen atoms in total. The summed E-state index contributed by atoms with van der Waals surface area (Å²) >= 11 is 5.83. The molecular formula is C16H25ClN4O2. The minimum Gasteiger partial charge on any atom is -0.444 e. The quantitative estimate of drug-likeness (QED) is 0.914. The molecule has 1 aromatic heterocycles. The van der Waals surface area contributed by atoms with Crippen molar-refractivity contribution in [1.82, 2.24) is 15.3 Å². The number of anilines is 1. The Bertz CT molecular complexity index is 530. The molecule has 1 N–H and O–H groups in total. The van der Waals surface area contributed by atoms with E-state index in [1.807, 2.05) is 27.7 Å². The summed E-state index contributed by atoms with van der Waals surface area (Å²) in [6, 6.07) is 0.0277. The van der Waals surface area contributed by atoms with Crippen LogP contribution in [0.3, 0.4) is 0 Å². The van der Waals surface area contributed by atoms with Crippen LogP contribution in [0.2, 0.25) is 5.02 Å². The van der Waals surface area contributed by atoms with Gasteiger partial charge in [-0.3, -0.25) is 0 Å². The summed E-state index contributed by atoms with van der Waals surface area (Å²) in [4.78, 5) is 22.6. The van der Waals surface area contributed by atoms with Crippen LogP contribution in [0.5, 0.6) is 0 Å². The highest BCUT2D eigenvalue weighted by Crippen LogP contribution is 2.23. The van der Waals surface area contributed by atoms with Crippen molar-refractivity contribution in [3.8, 4) is 0 Å². The Morgan fingerprint density at radius 1 is 1.43 bits per heavy atom. The SMILES string of the molecule is C[C@@H](NC(=O)OC(C)(C)C)[C@H]1CCCN(c2ncc(Cl)cn2)C1. The lowest BCUT2D eigenvalue weighted by Crippen LogP contribution is -2.47. The fourth-order valence-corrected chi connectivity index (χ4v) is 2.78. The van der Waals surface area contributed by atoms with Crippen molar-refractivity contribution in [2.45, 2.75) is 52.2 Å². The topological polar surface area (TPSA) is 67.3 Å². The monoisotopic (exact) mass is 340 g/mol. The van der Waals surface area contributed by atoms with E-state index in [-0.39, 0.29) is 12.1 Å². The predicted molar refractivity (Wildman–Crippen MR) is 90.8 cm³/mol. The number of alkyl carbamates (subject to hydrolysis) is 1. The van der Waals surface area contributed by atoms with Gasteiger partial charge in [0.25, 0.3) is 0 Å². The number of nitrogens with one attached hydrogen (secondary N) is 1. The maximum Gasteiger partial charge on any atom is 0.407 e. The molecule has 23 heavy (non-hydrogen) atoms. The molecule has 2 rings (SSSR count). The van der Waals surface area contributed by atoms with E-state index in [1.165, 1.54) is 0 Å². The van der Waals surface area contributed by atoms with Gasteiger partial charge in [-0.1, -0.05) is 11.6 Å². The van der Waals surface area contributed by atoms with Crippen molar-refractivity contribution in [3.63, 3.8) is 0 Å². The minimum absolute atomic E-state index is 0.0277. The fourth-order valence-electron chi connectivity index (χ4n) is 2.68. The van der Waals surface area contributed by atoms with Crippen molar-refractivity contribution in [1.29, 1.82) is 0 Å². The van der Waals surface area contributed by atoms with Gasteiger partial charge in [-0.25, -0.2) is 14.8 Å². The van der Waals surface area contributed by atoms with E-state index in [4.69, 9.17) is 16.3 Å². The molecule has 2 atom stereocenters. The Balaban J connectivity index is 1.92. The zero-order chi connectivity index (χ0) is 17.0. The van der Waals surface area contributed by atoms with E-state index in [0.717, 1.165) is 25.9 Å². The highest BCUT2D eigenvalue weighted by molar-refractivity contribution is 6.30. The second-order valence-corrected chi connectivity index (χ2v) is 7.42. The highest BCUT2D eigenvalue weighted by Gasteiger charge is 2.28. The Morgan fingerprint density at radius 2 is 2.09 bits per heavy atom. The average Bonchev–Trinajstić information content (AvgIpc) is 2.46. The number of ether oxygens (including phenoxy) is 1. The van der Waals surface area contributed by atoms with Crippen LogP contribution in [0.15, 0.2) is 12.4 Å². The van der Waals surface area contributed by atoms with Crippen LogP contribution in [0, 0.1) is 5.92 Å². The molecule has 1 aliphatic rings. The maximum absolute atomic E-state index is 11.9. The summed E-state index contributed by atoms with van der Waals surface area (Å²) in [5, 5.41) is 3.47. The number of amides is 1. The van der Waals surface area contributed by atoms with Crippen molar-refractivity contribution < 1.29 is 9.53 Å². The fraction of sp³-hybridized carbons (Fsp3) is 0.688. The second-order valence-electron chi connectivity index (χ2n) is 6.98. The zero-order valence-electron chi connectivity index (χ0n) is 14.2. The van der Waals surface area contributed by atoms with Gasteiger partial charge in [0, 0.05) is 19.1 Å². The third-order valence-electron chi connectivity index (χ3n) is 3.80. The first-order chi connectivity index (χ1) is 10.7. The summed E-state index contributed by atoms with van der Waals surface area (Å²) < 4.78 is 5.32. The van der Waals surface area contributed by atoms with Gasteiger partial charge in [-0.15, -0.1) is 0 Å². The first kappa shape index (κ1) is 17.8. The summed E-state index contributed by atoms with van der Waals surface area (Å²) in [6.07, 6.45) is 4.94. The number of carbonyl (C=O) groups excluding carboxylic acids is 1. The maximum atomic E-state index is 11.9. The first-order valence-corrected chi connectivity index (χ1v) is 8.34. The van der Waals surface area contributed by atoms with Crippen LogP contribution in [0.1, 0.15) is 40.5 Å². The van der Waals surface area contributed by atoms with Gasteiger partial charge in [0.05, 0.1) is 17.4 Å². The number of carbonyl (C=O) groups is 1. The summed E-state index contributed by atoms with van der Waals surface area (Å²) in [5.74, 6) is 1.01. The molecule has 2 heterocycles. The lowest BCUT2D eigenvalue weighted by molar-refractivity contribution is 0.0489. The van der Waals surface area contributed by atoms with Crippen molar-refractivity contribution in [2.75, 3.05) is 18.0 Å². The summed E-state index contributed by atoms with van der Waals surface area (Å²) in [6.45, 7) is 9.31. The number of hydrogen-bond acceptors (Lipinski definition) is 5. The van der Waals surface area contributed by atoms with Gasteiger partial charge in [0.2, 0.25) is 5.95 Å². The van der Waals surface area contributed by atoms with Gasteiger partial charge in [0.1, 0.15) is 5.60 Å². The van der Waals surface area contributed by atoms with Crippen LogP contribution < -0.4 is 10.2 Å². The van der Waals surface area contributed by atoms with Crippen LogP contribution in [0.25, 0.3) is 0 Å². The van der Waals surface area contributed by atoms with E-state index >= 15 is 0 Å². The summed E-state index contributed by atoms with van der Waals surface area (Å²) in [5.41, 5.74) is -0.487. The number of halogens is 1. The van der Waals surface area contributed by atoms with Gasteiger partial charge in [-0.05, 0) is 46.5 Å². The number of piperidine rings is 1. The largest absolute Gasteiger partial charge is 0.444 e. The van der Waals surface area contributed by atoms with Crippen LogP contribution in [-0.4, -0.2) is 40.8 Å². The molecule has 0 aromatic carbocycles. The smallest absolute Gasteiger partial charge is 0.407 e. The van der Waals surface area contributed by atoms with E-state index in [9.17, 15) is 4.79 Å². The normalized spacial score (nSPS) is 20.0. The summed E-state index contributed by atoms with van der Waals surface area (Å²) in [7, 11) is 0. The average molecular weight is 341 g/mol. The first-order valence-electron chi connectivity index (χ1n) is 7.96. The number of rotatable bonds is 3. The standard InChI is InChI=1S/C16H25ClN4O2/c1-11(20-15(22)23-16(2,3)4)12-6-5-7-21(10-12)14-18-8-13(17)9-19-14/h8-9,11-12H,5-7,10H2,1-4H3,(H,20,22)/t11-,12+/m1/s1. The third-order valence-corrected chi connectivity index (χ3v) is 3.99. The molecule has 1 aromatic rings. The lowest BCUT2D eigenvalue weighted by atomic mass is 9.92. The predicted octanol–water partition coefficient (Wildman–Crippen LogP) is 3.26. The molecule has 0 bridgehead atoms. The Hall–Kier alpha value is -1.56. The Kier molecular flexibility index (Phi) is 5.68. The Labute approximate surface area is 142 Å². The van der Waals surface area contributed by atoms with Gasteiger partial charge in [-0.2, -0.15) is 0 Å². The number of hydrogen-bond donors (Lipinski definition) is 1. The second kappa shape index (κ2) is 7.34. The molecule has 0 saturated carbocycles. The molecule has 0 unspecified atom stereocenters. The van der Waals surface area contributed by atoms with Crippen LogP contribution >= 0.6 is 11.6 Å². The van der Waals surface area contributed by atoms with Crippen molar-refractivity contribution in [2.24, 2.45) is 5.92 Å². The van der Waals surface area contributed by atoms with E-state index < -0.39 is 5.60 Å². The molecular weight excluding hydrogens is 316 g/mol. The van der Waals surface area contributed by atoms with Gasteiger partial charge in [0.15, 0.2) is 0 Å². The lowest BCUT2D eigenvalue weighted by Gasteiger charge is -2.36. The molecule has 7 heteroatoms. The third kappa shape index (κ3) is 5.53. The Morgan fingerprint density at radius 3 is 2.70 bits per heavy atom. The molecule has 0 spiro atoms. The van der Waals surface area contributed by atoms with Crippen molar-refractivity contribution in [3.05, 3.63) is 17.4 Å². The molecule has 1 fully saturated rings. The molecule has 0 aliphatic carbocycles. The molecule has 1 aliphatic heterocycles. The van der Waals surface area contributed by atoms with Crippen LogP contribution in [-0.2, 0) is 4.74 Å². The minimum atomic E-state index is -0.487. The molecule has 128 valence electrons. The van der Waals surface area contributed by atoms with Gasteiger partial charge >= 0.3 is 6.09 Å². The van der Waals surface area contributed by atoms with E-state index in [1.54, 1.807) is 12.4 Å². The highest BCUT2D eigenvalue weighted by atomic mass is 35.5. The number of nitrogens with zero attached hydrogens (tertiary/aromatic N) is 3. The molecule has 1 amide bonds. The van der Waals surface area contributed by atoms with E-state index in [2.05, 4.69) is 20.2 Å². The van der Waals surface area contributed by atoms with Gasteiger partial charge < -0.3 is 15.0 Å². The van der Waals surface area contributed by atoms with Crippen molar-refractivity contribution >= 4 is 23.6 Å². The van der Waals surface area contributed by atoms with Crippen LogP contribution in [0.4, 0.5) is 10.7 Å². The van der Waals surface area contributed by atoms with E-state index in [0.29, 0.717) is 16.9 Å². The number of aromatic nitrogens is 2. The zero-order valence-corrected chi connectivity index (χ0v) is 14.9.